The highest BCUT2D eigenvalue weighted by atomic mass is 35.5. The number of benzene rings is 2. The number of piperidine rings is 1. The number of ether oxygens (including phenoxy) is 2. The van der Waals surface area contributed by atoms with Crippen LogP contribution in [0.25, 0.3) is 10.2 Å². The smallest absolute Gasteiger partial charge is 0.335 e. The van der Waals surface area contributed by atoms with Gasteiger partial charge in [-0.1, -0.05) is 40.6 Å². The zero-order chi connectivity index (χ0) is 28.1. The monoisotopic (exact) mass is 601 g/mol. The summed E-state index contributed by atoms with van der Waals surface area (Å²) in [4.78, 5) is 18.7. The van der Waals surface area contributed by atoms with Gasteiger partial charge < -0.3 is 24.6 Å². The van der Waals surface area contributed by atoms with Crippen molar-refractivity contribution in [2.75, 3.05) is 24.7 Å². The quantitative estimate of drug-likeness (QED) is 0.170. The lowest BCUT2D eigenvalue weighted by Crippen LogP contribution is -2.39. The number of aromatic carboxylic acids is 1. The van der Waals surface area contributed by atoms with E-state index >= 15 is 0 Å². The van der Waals surface area contributed by atoms with Crippen LogP contribution in [0.1, 0.15) is 48.5 Å². The van der Waals surface area contributed by atoms with Gasteiger partial charge in [0.1, 0.15) is 17.0 Å². The van der Waals surface area contributed by atoms with Gasteiger partial charge in [0, 0.05) is 35.6 Å². The molecule has 0 radical (unpaired) electrons. The number of aliphatic hydroxyl groups is 1. The molecule has 3 atom stereocenters. The van der Waals surface area contributed by atoms with Crippen LogP contribution < -0.4 is 9.64 Å². The van der Waals surface area contributed by atoms with Gasteiger partial charge in [-0.15, -0.1) is 0 Å². The fourth-order valence-electron chi connectivity index (χ4n) is 5.80. The van der Waals surface area contributed by atoms with Crippen molar-refractivity contribution in [3.63, 3.8) is 0 Å². The van der Waals surface area contributed by atoms with Gasteiger partial charge in [-0.25, -0.2) is 9.78 Å². The number of carbonyl (C=O) groups is 1. The van der Waals surface area contributed by atoms with Crippen molar-refractivity contribution in [1.82, 2.24) is 4.98 Å². The Kier molecular flexibility index (Phi) is 7.41. The molecule has 2 bridgehead atoms. The lowest BCUT2D eigenvalue weighted by atomic mass is 9.99. The Hall–Kier alpha value is -2.85. The minimum atomic E-state index is -0.996. The number of nitrogens with zero attached hydrogens (tertiary/aromatic N) is 2. The molecular weight excluding hydrogens is 573 g/mol. The maximum Gasteiger partial charge on any atom is 0.335 e. The number of nitrogens with one attached hydrogen (secondary N) is 1. The van der Waals surface area contributed by atoms with E-state index in [9.17, 15) is 15.0 Å². The van der Waals surface area contributed by atoms with Crippen molar-refractivity contribution in [2.24, 2.45) is 11.8 Å². The highest BCUT2D eigenvalue weighted by Gasteiger charge is 2.46. The fraction of sp³-hybridized carbons (Fsp3) is 0.414. The van der Waals surface area contributed by atoms with Crippen LogP contribution >= 0.6 is 34.5 Å². The van der Waals surface area contributed by atoms with E-state index in [1.54, 1.807) is 24.3 Å². The topological polar surface area (TPSA) is 116 Å². The van der Waals surface area contributed by atoms with Crippen LogP contribution in [-0.4, -0.2) is 58.8 Å². The molecule has 1 saturated heterocycles. The molecule has 3 aromatic rings. The number of aliphatic hydroxyl groups excluding tert-OH is 1. The van der Waals surface area contributed by atoms with Crippen LogP contribution in [0.3, 0.4) is 0 Å². The first-order valence-electron chi connectivity index (χ1n) is 13.4. The third-order valence-electron chi connectivity index (χ3n) is 7.95. The lowest BCUT2D eigenvalue weighted by Gasteiger charge is -2.31. The SMILES string of the molecule is CCOc1cc(C(=O)O)cc2sc(N3CC4C[C@H]3C[C@H]4OC/C(C(=N)c3c(Cl)cccc3Cl)=C(/O)C3CC3)nc12. The van der Waals surface area contributed by atoms with Gasteiger partial charge in [-0.2, -0.15) is 0 Å². The number of fused-ring (bicyclic) bond motifs is 3. The second-order valence-electron chi connectivity index (χ2n) is 10.6. The molecule has 8 nitrogen and oxygen atoms in total. The van der Waals surface area contributed by atoms with Gasteiger partial charge in [0.15, 0.2) is 5.13 Å². The van der Waals surface area contributed by atoms with Crippen LogP contribution in [-0.2, 0) is 4.74 Å². The molecule has 3 fully saturated rings. The maximum absolute atomic E-state index is 11.6. The van der Waals surface area contributed by atoms with E-state index in [1.165, 1.54) is 17.4 Å². The van der Waals surface area contributed by atoms with E-state index in [4.69, 9.17) is 43.1 Å². The largest absolute Gasteiger partial charge is 0.512 e. The van der Waals surface area contributed by atoms with Crippen molar-refractivity contribution in [2.45, 2.75) is 44.8 Å². The zero-order valence-electron chi connectivity index (χ0n) is 21.8. The summed E-state index contributed by atoms with van der Waals surface area (Å²) in [7, 11) is 0. The zero-order valence-corrected chi connectivity index (χ0v) is 24.2. The van der Waals surface area contributed by atoms with Gasteiger partial charge in [0.2, 0.25) is 0 Å². The van der Waals surface area contributed by atoms with Crippen LogP contribution in [0.5, 0.6) is 5.75 Å². The maximum atomic E-state index is 11.6. The second-order valence-corrected chi connectivity index (χ2v) is 12.4. The average molecular weight is 603 g/mol. The molecule has 1 aliphatic heterocycles. The molecule has 40 heavy (non-hydrogen) atoms. The second kappa shape index (κ2) is 10.9. The Balaban J connectivity index is 1.18. The first-order chi connectivity index (χ1) is 19.2. The van der Waals surface area contributed by atoms with Gasteiger partial charge in [-0.05, 0) is 56.9 Å². The van der Waals surface area contributed by atoms with Crippen LogP contribution in [0.15, 0.2) is 41.7 Å². The van der Waals surface area contributed by atoms with Gasteiger partial charge in [-0.3, -0.25) is 5.41 Å². The molecule has 6 rings (SSSR count). The summed E-state index contributed by atoms with van der Waals surface area (Å²) in [6.07, 6.45) is 3.54. The molecule has 3 N–H and O–H groups in total. The summed E-state index contributed by atoms with van der Waals surface area (Å²) in [6, 6.07) is 8.55. The number of carboxylic acids is 1. The summed E-state index contributed by atoms with van der Waals surface area (Å²) in [5.41, 5.74) is 1.82. The molecule has 0 spiro atoms. The minimum absolute atomic E-state index is 0.00949. The third-order valence-corrected chi connectivity index (χ3v) is 9.62. The van der Waals surface area contributed by atoms with Gasteiger partial charge in [0.25, 0.3) is 0 Å². The predicted octanol–water partition coefficient (Wildman–Crippen LogP) is 6.97. The minimum Gasteiger partial charge on any atom is -0.512 e. The molecule has 0 amide bonds. The molecule has 11 heteroatoms. The molecular formula is C29H29Cl2N3O5S. The van der Waals surface area contributed by atoms with Crippen molar-refractivity contribution >= 4 is 61.6 Å². The Morgan fingerprint density at radius 1 is 1.20 bits per heavy atom. The molecule has 1 aromatic heterocycles. The summed E-state index contributed by atoms with van der Waals surface area (Å²) < 4.78 is 12.9. The molecule has 1 unspecified atom stereocenters. The molecule has 210 valence electrons. The van der Waals surface area contributed by atoms with Crippen molar-refractivity contribution < 1.29 is 24.5 Å². The number of aromatic nitrogens is 1. The van der Waals surface area contributed by atoms with E-state index in [0.717, 1.165) is 42.1 Å². The number of thiazole rings is 1. The van der Waals surface area contributed by atoms with E-state index < -0.39 is 5.97 Å². The number of allylic oxidation sites excluding steroid dienone is 1. The number of hydrogen-bond donors (Lipinski definition) is 3. The molecule has 2 aliphatic carbocycles. The number of carboxylic acid groups (broad SMARTS) is 1. The van der Waals surface area contributed by atoms with Gasteiger partial charge >= 0.3 is 5.97 Å². The van der Waals surface area contributed by atoms with Crippen molar-refractivity contribution in [3.8, 4) is 5.75 Å². The number of rotatable bonds is 10. The molecule has 2 aromatic carbocycles. The van der Waals surface area contributed by atoms with Crippen molar-refractivity contribution in [1.29, 1.82) is 5.41 Å². The molecule has 3 aliphatic rings. The van der Waals surface area contributed by atoms with Crippen LogP contribution in [0.2, 0.25) is 10.0 Å². The van der Waals surface area contributed by atoms with Crippen LogP contribution in [0, 0.1) is 17.2 Å². The summed E-state index contributed by atoms with van der Waals surface area (Å²) in [5, 5.41) is 30.9. The Bertz CT molecular complexity index is 1520. The van der Waals surface area contributed by atoms with E-state index in [1.807, 2.05) is 6.92 Å². The standard InChI is InChI=1S/C29H29Cl2N3O5S/c1-2-38-22-9-15(28(36)37)10-23-26(22)33-29(40-23)34-12-16-8-17(34)11-21(16)39-13-18(27(35)14-6-7-14)25(32)24-19(30)4-3-5-20(24)31/h3-5,9-10,14,16-17,21,32,35H,2,6-8,11-13H2,1H3,(H,36,37)/b27-18-,32-25?/t16?,17-,21+/m0/s1. The highest BCUT2D eigenvalue weighted by molar-refractivity contribution is 7.22. The summed E-state index contributed by atoms with van der Waals surface area (Å²) in [6.45, 7) is 3.17. The normalized spacial score (nSPS) is 22.6. The van der Waals surface area contributed by atoms with Gasteiger partial charge in [0.05, 0.1) is 45.3 Å². The number of halogens is 2. The van der Waals surface area contributed by atoms with E-state index in [0.29, 0.717) is 39.1 Å². The third kappa shape index (κ3) is 5.04. The Morgan fingerprint density at radius 2 is 1.95 bits per heavy atom. The highest BCUT2D eigenvalue weighted by Crippen LogP contribution is 2.46. The first kappa shape index (κ1) is 27.3. The fourth-order valence-corrected chi connectivity index (χ4v) is 7.49. The van der Waals surface area contributed by atoms with Crippen LogP contribution in [0.4, 0.5) is 5.13 Å². The Morgan fingerprint density at radius 3 is 2.58 bits per heavy atom. The van der Waals surface area contributed by atoms with E-state index in [2.05, 4.69) is 4.90 Å². The average Bonchev–Trinajstić information content (AvgIpc) is 3.37. The Labute approximate surface area is 245 Å². The predicted molar refractivity (Wildman–Crippen MR) is 157 cm³/mol. The molecule has 2 heterocycles. The number of anilines is 1. The summed E-state index contributed by atoms with van der Waals surface area (Å²) >= 11 is 14.2. The number of hydrogen-bond acceptors (Lipinski definition) is 8. The molecule has 2 saturated carbocycles. The van der Waals surface area contributed by atoms with Crippen molar-refractivity contribution in [3.05, 3.63) is 62.8 Å². The summed E-state index contributed by atoms with van der Waals surface area (Å²) in [5.74, 6) is 0.0230. The lowest BCUT2D eigenvalue weighted by molar-refractivity contribution is 0.0390. The first-order valence-corrected chi connectivity index (χ1v) is 15.0. The van der Waals surface area contributed by atoms with E-state index in [-0.39, 0.29) is 47.6 Å².